The van der Waals surface area contributed by atoms with Crippen molar-refractivity contribution in [3.63, 3.8) is 0 Å². The van der Waals surface area contributed by atoms with Gasteiger partial charge in [0, 0.05) is 12.2 Å². The molecule has 0 radical (unpaired) electrons. The molecule has 0 unspecified atom stereocenters. The van der Waals surface area contributed by atoms with Gasteiger partial charge in [-0.2, -0.15) is 0 Å². The first-order valence-corrected chi connectivity index (χ1v) is 6.96. The maximum Gasteiger partial charge on any atom is 0.140 e. The van der Waals surface area contributed by atoms with Crippen LogP contribution in [0.1, 0.15) is 39.0 Å². The Labute approximate surface area is 106 Å². The summed E-state index contributed by atoms with van der Waals surface area (Å²) < 4.78 is 1.06. The van der Waals surface area contributed by atoms with Gasteiger partial charge >= 0.3 is 0 Å². The van der Waals surface area contributed by atoms with Crippen LogP contribution in [0.5, 0.6) is 0 Å². The van der Waals surface area contributed by atoms with Gasteiger partial charge in [0.1, 0.15) is 5.82 Å². The van der Waals surface area contributed by atoms with E-state index in [0.29, 0.717) is 6.04 Å². The third kappa shape index (κ3) is 2.97. The van der Waals surface area contributed by atoms with E-state index < -0.39 is 0 Å². The van der Waals surface area contributed by atoms with Crippen LogP contribution in [0.3, 0.4) is 0 Å². The van der Waals surface area contributed by atoms with Crippen molar-refractivity contribution < 1.29 is 0 Å². The van der Waals surface area contributed by atoms with Crippen LogP contribution in [0, 0.1) is 5.92 Å². The number of nitrogens with one attached hydrogen (secondary N) is 1. The van der Waals surface area contributed by atoms with Crippen LogP contribution in [0.2, 0.25) is 0 Å². The van der Waals surface area contributed by atoms with Crippen molar-refractivity contribution in [1.29, 1.82) is 0 Å². The molecule has 1 aliphatic carbocycles. The minimum Gasteiger partial charge on any atom is -0.366 e. The van der Waals surface area contributed by atoms with Crippen molar-refractivity contribution >= 4 is 21.7 Å². The molecule has 0 amide bonds. The van der Waals surface area contributed by atoms with Crippen molar-refractivity contribution in [2.24, 2.45) is 5.92 Å². The third-order valence-corrected chi connectivity index (χ3v) is 4.16. The highest BCUT2D eigenvalue weighted by molar-refractivity contribution is 9.10. The van der Waals surface area contributed by atoms with Gasteiger partial charge in [0.25, 0.3) is 0 Å². The molecule has 88 valence electrons. The third-order valence-electron chi connectivity index (χ3n) is 3.52. The van der Waals surface area contributed by atoms with E-state index in [0.717, 1.165) is 16.2 Å². The van der Waals surface area contributed by atoms with Crippen LogP contribution >= 0.6 is 15.9 Å². The molecule has 1 fully saturated rings. The van der Waals surface area contributed by atoms with Crippen molar-refractivity contribution in [3.05, 3.63) is 22.8 Å². The second-order valence-electron chi connectivity index (χ2n) is 4.60. The zero-order valence-electron chi connectivity index (χ0n) is 9.75. The lowest BCUT2D eigenvalue weighted by molar-refractivity contribution is 0.330. The summed E-state index contributed by atoms with van der Waals surface area (Å²) in [6.07, 6.45) is 8.45. The van der Waals surface area contributed by atoms with Crippen molar-refractivity contribution in [1.82, 2.24) is 4.98 Å². The summed E-state index contributed by atoms with van der Waals surface area (Å²) in [5, 5.41) is 3.54. The second kappa shape index (κ2) is 5.67. The Kier molecular flexibility index (Phi) is 4.22. The van der Waals surface area contributed by atoms with Crippen molar-refractivity contribution in [2.75, 3.05) is 5.32 Å². The predicted molar refractivity (Wildman–Crippen MR) is 71.6 cm³/mol. The molecular formula is C13H19BrN2. The fourth-order valence-corrected chi connectivity index (χ4v) is 2.77. The van der Waals surface area contributed by atoms with E-state index in [9.17, 15) is 0 Å². The van der Waals surface area contributed by atoms with Gasteiger partial charge in [-0.1, -0.05) is 13.3 Å². The first kappa shape index (κ1) is 11.9. The molecule has 0 aromatic carbocycles. The average molecular weight is 283 g/mol. The number of pyridine rings is 1. The van der Waals surface area contributed by atoms with Gasteiger partial charge < -0.3 is 5.32 Å². The highest BCUT2D eigenvalue weighted by Gasteiger charge is 2.20. The maximum atomic E-state index is 4.35. The predicted octanol–water partition coefficient (Wildman–Crippen LogP) is 4.22. The Bertz CT molecular complexity index is 332. The van der Waals surface area contributed by atoms with E-state index >= 15 is 0 Å². The number of hydrogen-bond acceptors (Lipinski definition) is 2. The second-order valence-corrected chi connectivity index (χ2v) is 5.46. The van der Waals surface area contributed by atoms with Gasteiger partial charge in [-0.25, -0.2) is 4.98 Å². The molecule has 0 atom stereocenters. The lowest BCUT2D eigenvalue weighted by Crippen LogP contribution is -2.26. The van der Waals surface area contributed by atoms with E-state index in [-0.39, 0.29) is 0 Å². The molecule has 3 heteroatoms. The van der Waals surface area contributed by atoms with Gasteiger partial charge in [-0.15, -0.1) is 0 Å². The first-order valence-electron chi connectivity index (χ1n) is 6.16. The van der Waals surface area contributed by atoms with Crippen molar-refractivity contribution in [3.8, 4) is 0 Å². The summed E-state index contributed by atoms with van der Waals surface area (Å²) in [5.74, 6) is 1.94. The van der Waals surface area contributed by atoms with Gasteiger partial charge in [0.15, 0.2) is 0 Å². The number of halogens is 1. The van der Waals surface area contributed by atoms with E-state index in [2.05, 4.69) is 33.2 Å². The fraction of sp³-hybridized carbons (Fsp3) is 0.615. The molecule has 0 aliphatic heterocycles. The van der Waals surface area contributed by atoms with E-state index in [1.165, 1.54) is 32.1 Å². The molecule has 0 bridgehead atoms. The molecule has 2 nitrogen and oxygen atoms in total. The minimum absolute atomic E-state index is 0.606. The minimum atomic E-state index is 0.606. The standard InChI is InChI=1S/C13H19BrN2/c1-2-10-5-7-11(8-6-10)16-13-12(14)4-3-9-15-13/h3-4,9-11H,2,5-8H2,1H3,(H,15,16). The van der Waals surface area contributed by atoms with E-state index in [1.807, 2.05) is 18.3 Å². The SMILES string of the molecule is CCC1CCC(Nc2ncccc2Br)CC1. The molecule has 16 heavy (non-hydrogen) atoms. The zero-order valence-corrected chi connectivity index (χ0v) is 11.3. The molecule has 1 heterocycles. The lowest BCUT2D eigenvalue weighted by Gasteiger charge is -2.29. The molecule has 1 aromatic heterocycles. The Morgan fingerprint density at radius 2 is 2.12 bits per heavy atom. The molecule has 2 rings (SSSR count). The van der Waals surface area contributed by atoms with Crippen LogP contribution in [0.25, 0.3) is 0 Å². The molecule has 0 spiro atoms. The largest absolute Gasteiger partial charge is 0.366 e. The zero-order chi connectivity index (χ0) is 11.4. The summed E-state index contributed by atoms with van der Waals surface area (Å²) in [5.41, 5.74) is 0. The van der Waals surface area contributed by atoms with Crippen LogP contribution < -0.4 is 5.32 Å². The van der Waals surface area contributed by atoms with Gasteiger partial charge in [-0.3, -0.25) is 0 Å². The van der Waals surface area contributed by atoms with E-state index in [1.54, 1.807) is 0 Å². The molecule has 1 aromatic rings. The van der Waals surface area contributed by atoms with Crippen LogP contribution in [0.15, 0.2) is 22.8 Å². The van der Waals surface area contributed by atoms with Crippen LogP contribution in [0.4, 0.5) is 5.82 Å². The topological polar surface area (TPSA) is 24.9 Å². The number of anilines is 1. The highest BCUT2D eigenvalue weighted by Crippen LogP contribution is 2.29. The molecule has 1 aliphatic rings. The number of nitrogens with zero attached hydrogens (tertiary/aromatic N) is 1. The first-order chi connectivity index (χ1) is 7.79. The Morgan fingerprint density at radius 1 is 1.38 bits per heavy atom. The normalized spacial score (nSPS) is 25.4. The summed E-state index contributed by atoms with van der Waals surface area (Å²) in [6.45, 7) is 2.30. The van der Waals surface area contributed by atoms with Gasteiger partial charge in [0.2, 0.25) is 0 Å². The van der Waals surface area contributed by atoms with Gasteiger partial charge in [0.05, 0.1) is 4.47 Å². The van der Waals surface area contributed by atoms with E-state index in [4.69, 9.17) is 0 Å². The molecular weight excluding hydrogens is 264 g/mol. The quantitative estimate of drug-likeness (QED) is 0.898. The summed E-state index contributed by atoms with van der Waals surface area (Å²) in [6, 6.07) is 4.59. The van der Waals surface area contributed by atoms with Crippen molar-refractivity contribution in [2.45, 2.75) is 45.1 Å². The van der Waals surface area contributed by atoms with Crippen LogP contribution in [-0.2, 0) is 0 Å². The Hall–Kier alpha value is -0.570. The van der Waals surface area contributed by atoms with Crippen LogP contribution in [-0.4, -0.2) is 11.0 Å². The Morgan fingerprint density at radius 3 is 2.75 bits per heavy atom. The summed E-state index contributed by atoms with van der Waals surface area (Å²) in [7, 11) is 0. The average Bonchev–Trinajstić information content (AvgIpc) is 2.33. The fourth-order valence-electron chi connectivity index (χ4n) is 2.40. The number of hydrogen-bond donors (Lipinski definition) is 1. The summed E-state index contributed by atoms with van der Waals surface area (Å²) in [4.78, 5) is 4.35. The van der Waals surface area contributed by atoms with Gasteiger partial charge in [-0.05, 0) is 59.7 Å². The summed E-state index contributed by atoms with van der Waals surface area (Å²) >= 11 is 3.52. The highest BCUT2D eigenvalue weighted by atomic mass is 79.9. The molecule has 1 saturated carbocycles. The molecule has 1 N–H and O–H groups in total. The Balaban J connectivity index is 1.89. The number of rotatable bonds is 3. The molecule has 0 saturated heterocycles. The monoisotopic (exact) mass is 282 g/mol. The lowest BCUT2D eigenvalue weighted by atomic mass is 9.84. The number of aromatic nitrogens is 1. The smallest absolute Gasteiger partial charge is 0.140 e. The maximum absolute atomic E-state index is 4.35.